The van der Waals surface area contributed by atoms with E-state index in [0.717, 1.165) is 0 Å². The summed E-state index contributed by atoms with van der Waals surface area (Å²) >= 11 is 0. The van der Waals surface area contributed by atoms with Crippen molar-refractivity contribution in [3.63, 3.8) is 0 Å². The number of hydrogen-bond acceptors (Lipinski definition) is 1. The van der Waals surface area contributed by atoms with Gasteiger partial charge in [0.2, 0.25) is 0 Å². The predicted molar refractivity (Wildman–Crippen MR) is 210 cm³/mol. The van der Waals surface area contributed by atoms with Crippen LogP contribution in [0.15, 0.2) is 170 Å². The minimum absolute atomic E-state index is 0.00804. The summed E-state index contributed by atoms with van der Waals surface area (Å²) in [5.41, 5.74) is 15.5. The maximum absolute atomic E-state index is 2.54. The third kappa shape index (κ3) is 4.48. The summed E-state index contributed by atoms with van der Waals surface area (Å²) in [5.74, 6) is 0. The fourth-order valence-electron chi connectivity index (χ4n) is 9.06. The molecule has 1 spiro atoms. The van der Waals surface area contributed by atoms with Crippen LogP contribution in [0.3, 0.4) is 0 Å². The Balaban J connectivity index is 1.15. The fraction of sp³-hybridized carbons (Fsp3) is 0.125. The molecule has 0 bridgehead atoms. The standard InChI is InChI=1S/C48H38N2/c1-4-14-34(15-5-1)35-22-26-39(27-23-35)50-46-21-11-9-19-42(46)48(30-12-3-13-31-48)43-33-37(25-29-47(43)50)36-24-28-45-41(32-36)40-18-8-10-20-44(40)49(45)38-16-6-2-7-17-38/h1-2,4-11,14-29,32-33H,3,12-13,30-31H2. The number of fused-ring (bicyclic) bond motifs is 7. The topological polar surface area (TPSA) is 8.17 Å². The fourth-order valence-corrected chi connectivity index (χ4v) is 9.06. The number of benzene rings is 7. The van der Waals surface area contributed by atoms with E-state index < -0.39 is 0 Å². The molecule has 2 nitrogen and oxygen atoms in total. The molecule has 240 valence electrons. The first-order chi connectivity index (χ1) is 24.8. The van der Waals surface area contributed by atoms with Gasteiger partial charge >= 0.3 is 0 Å². The molecular formula is C48H38N2. The van der Waals surface area contributed by atoms with Crippen molar-refractivity contribution in [2.45, 2.75) is 37.5 Å². The van der Waals surface area contributed by atoms with Gasteiger partial charge < -0.3 is 9.47 Å². The van der Waals surface area contributed by atoms with E-state index in [1.165, 1.54) is 110 Å². The van der Waals surface area contributed by atoms with Gasteiger partial charge in [0, 0.05) is 27.6 Å². The monoisotopic (exact) mass is 642 g/mol. The number of nitrogens with zero attached hydrogens (tertiary/aromatic N) is 2. The number of aromatic nitrogens is 1. The maximum atomic E-state index is 2.54. The second kappa shape index (κ2) is 11.6. The molecule has 2 aliphatic rings. The molecule has 0 saturated heterocycles. The first kappa shape index (κ1) is 29.1. The Labute approximate surface area is 293 Å². The number of para-hydroxylation sites is 3. The van der Waals surface area contributed by atoms with Crippen molar-refractivity contribution in [1.82, 2.24) is 4.57 Å². The zero-order valence-corrected chi connectivity index (χ0v) is 28.1. The van der Waals surface area contributed by atoms with Gasteiger partial charge in [0.15, 0.2) is 0 Å². The van der Waals surface area contributed by atoms with Gasteiger partial charge in [0.05, 0.1) is 22.4 Å². The molecule has 1 aromatic heterocycles. The minimum Gasteiger partial charge on any atom is -0.310 e. The van der Waals surface area contributed by atoms with Crippen LogP contribution in [0, 0.1) is 0 Å². The highest BCUT2D eigenvalue weighted by Gasteiger charge is 2.44. The molecule has 10 rings (SSSR count). The predicted octanol–water partition coefficient (Wildman–Crippen LogP) is 13.2. The summed E-state index contributed by atoms with van der Waals surface area (Å²) in [6.45, 7) is 0. The smallest absolute Gasteiger partial charge is 0.0541 e. The highest BCUT2D eigenvalue weighted by Crippen LogP contribution is 2.58. The Morgan fingerprint density at radius 2 is 0.980 bits per heavy atom. The number of rotatable bonds is 4. The summed E-state index contributed by atoms with van der Waals surface area (Å²) in [6, 6.07) is 62.9. The molecule has 8 aromatic rings. The van der Waals surface area contributed by atoms with Crippen molar-refractivity contribution in [2.75, 3.05) is 4.90 Å². The van der Waals surface area contributed by atoms with Crippen molar-refractivity contribution in [3.8, 4) is 27.9 Å². The molecule has 1 fully saturated rings. The molecular weight excluding hydrogens is 605 g/mol. The van der Waals surface area contributed by atoms with Gasteiger partial charge in [-0.05, 0) is 107 Å². The number of hydrogen-bond donors (Lipinski definition) is 0. The molecule has 2 heterocycles. The molecule has 50 heavy (non-hydrogen) atoms. The lowest BCUT2D eigenvalue weighted by Gasteiger charge is -2.47. The largest absolute Gasteiger partial charge is 0.310 e. The Morgan fingerprint density at radius 1 is 0.380 bits per heavy atom. The van der Waals surface area contributed by atoms with Crippen LogP contribution in [-0.2, 0) is 5.41 Å². The van der Waals surface area contributed by atoms with E-state index in [0.29, 0.717) is 0 Å². The summed E-state index contributed by atoms with van der Waals surface area (Å²) in [4.78, 5) is 2.51. The Kier molecular flexibility index (Phi) is 6.77. The number of anilines is 3. The van der Waals surface area contributed by atoms with Crippen LogP contribution in [0.4, 0.5) is 17.1 Å². The molecule has 1 saturated carbocycles. The summed E-state index contributed by atoms with van der Waals surface area (Å²) in [7, 11) is 0. The summed E-state index contributed by atoms with van der Waals surface area (Å²) in [6.07, 6.45) is 6.20. The van der Waals surface area contributed by atoms with Crippen LogP contribution in [0.1, 0.15) is 43.2 Å². The van der Waals surface area contributed by atoms with Crippen LogP contribution in [0.2, 0.25) is 0 Å². The Morgan fingerprint density at radius 3 is 1.80 bits per heavy atom. The van der Waals surface area contributed by atoms with Gasteiger partial charge in [-0.2, -0.15) is 0 Å². The van der Waals surface area contributed by atoms with Crippen molar-refractivity contribution < 1.29 is 0 Å². The van der Waals surface area contributed by atoms with E-state index in [-0.39, 0.29) is 5.41 Å². The Bertz CT molecular complexity index is 2500. The zero-order valence-electron chi connectivity index (χ0n) is 28.1. The quantitative estimate of drug-likeness (QED) is 0.185. The van der Waals surface area contributed by atoms with E-state index >= 15 is 0 Å². The van der Waals surface area contributed by atoms with E-state index in [1.54, 1.807) is 0 Å². The lowest BCUT2D eigenvalue weighted by atomic mass is 9.62. The SMILES string of the molecule is c1ccc(-c2ccc(N3c4ccccc4C4(CCCCC4)c4cc(-c5ccc6c(c5)c5ccccc5n6-c5ccccc5)ccc43)cc2)cc1. The average Bonchev–Trinajstić information content (AvgIpc) is 3.53. The highest BCUT2D eigenvalue weighted by atomic mass is 15.2. The highest BCUT2D eigenvalue weighted by molar-refractivity contribution is 6.10. The van der Waals surface area contributed by atoms with E-state index in [2.05, 4.69) is 179 Å². The van der Waals surface area contributed by atoms with Crippen molar-refractivity contribution in [3.05, 3.63) is 181 Å². The second-order valence-electron chi connectivity index (χ2n) is 14.1. The average molecular weight is 643 g/mol. The molecule has 0 radical (unpaired) electrons. The van der Waals surface area contributed by atoms with E-state index in [4.69, 9.17) is 0 Å². The third-order valence-electron chi connectivity index (χ3n) is 11.4. The van der Waals surface area contributed by atoms with Crippen molar-refractivity contribution in [2.24, 2.45) is 0 Å². The molecule has 0 amide bonds. The summed E-state index contributed by atoms with van der Waals surface area (Å²) in [5, 5.41) is 2.58. The van der Waals surface area contributed by atoms with Gasteiger partial charge in [-0.1, -0.05) is 128 Å². The molecule has 2 heteroatoms. The molecule has 1 aliphatic heterocycles. The van der Waals surface area contributed by atoms with Crippen molar-refractivity contribution >= 4 is 38.9 Å². The second-order valence-corrected chi connectivity index (χ2v) is 14.1. The van der Waals surface area contributed by atoms with Gasteiger partial charge in [-0.25, -0.2) is 0 Å². The molecule has 7 aromatic carbocycles. The van der Waals surface area contributed by atoms with Gasteiger partial charge in [0.1, 0.15) is 0 Å². The maximum Gasteiger partial charge on any atom is 0.0541 e. The van der Waals surface area contributed by atoms with E-state index in [9.17, 15) is 0 Å². The molecule has 0 N–H and O–H groups in total. The zero-order chi connectivity index (χ0) is 33.1. The van der Waals surface area contributed by atoms with E-state index in [1.807, 2.05) is 0 Å². The van der Waals surface area contributed by atoms with Crippen LogP contribution in [-0.4, -0.2) is 4.57 Å². The van der Waals surface area contributed by atoms with Crippen LogP contribution in [0.5, 0.6) is 0 Å². The molecule has 1 aliphatic carbocycles. The van der Waals surface area contributed by atoms with Crippen LogP contribution in [0.25, 0.3) is 49.7 Å². The van der Waals surface area contributed by atoms with Crippen molar-refractivity contribution in [1.29, 1.82) is 0 Å². The molecule has 0 unspecified atom stereocenters. The van der Waals surface area contributed by atoms with Crippen LogP contribution >= 0.6 is 0 Å². The summed E-state index contributed by atoms with van der Waals surface area (Å²) < 4.78 is 2.40. The normalized spacial score (nSPS) is 14.9. The Hall–Kier alpha value is -5.86. The minimum atomic E-state index is 0.00804. The molecule has 0 atom stereocenters. The third-order valence-corrected chi connectivity index (χ3v) is 11.4. The lowest BCUT2D eigenvalue weighted by Crippen LogP contribution is -2.37. The van der Waals surface area contributed by atoms with Gasteiger partial charge in [-0.3, -0.25) is 0 Å². The van der Waals surface area contributed by atoms with Crippen LogP contribution < -0.4 is 4.90 Å². The first-order valence-electron chi connectivity index (χ1n) is 18.1. The van der Waals surface area contributed by atoms with Gasteiger partial charge in [-0.15, -0.1) is 0 Å². The lowest BCUT2D eigenvalue weighted by molar-refractivity contribution is 0.344. The first-order valence-corrected chi connectivity index (χ1v) is 18.1. The van der Waals surface area contributed by atoms with Gasteiger partial charge in [0.25, 0.3) is 0 Å².